The summed E-state index contributed by atoms with van der Waals surface area (Å²) in [5.74, 6) is -0.292. The molecule has 0 bridgehead atoms. The van der Waals surface area contributed by atoms with E-state index in [1.165, 1.54) is 13.3 Å². The Labute approximate surface area is 183 Å². The zero-order valence-corrected chi connectivity index (χ0v) is 17.4. The van der Waals surface area contributed by atoms with E-state index >= 15 is 0 Å². The Hall–Kier alpha value is -3.85. The van der Waals surface area contributed by atoms with Gasteiger partial charge in [-0.1, -0.05) is 23.7 Å². The van der Waals surface area contributed by atoms with Gasteiger partial charge in [0.25, 0.3) is 11.8 Å². The number of amides is 2. The van der Waals surface area contributed by atoms with E-state index in [1.807, 2.05) is 12.1 Å². The number of halogens is 1. The molecule has 2 aromatic carbocycles. The lowest BCUT2D eigenvalue weighted by Gasteiger charge is -2.09. The third kappa shape index (κ3) is 6.31. The van der Waals surface area contributed by atoms with Crippen molar-refractivity contribution in [1.82, 2.24) is 15.2 Å². The number of rotatable bonds is 9. The third-order valence-corrected chi connectivity index (χ3v) is 4.32. The lowest BCUT2D eigenvalue weighted by atomic mass is 10.2. The molecule has 0 atom stereocenters. The van der Waals surface area contributed by atoms with E-state index in [0.717, 1.165) is 5.56 Å². The number of nitrogens with zero attached hydrogens (tertiary/aromatic N) is 3. The number of primary amides is 1. The number of hydrogen-bond acceptors (Lipinski definition) is 6. The van der Waals surface area contributed by atoms with Crippen molar-refractivity contribution < 1.29 is 19.1 Å². The quantitative estimate of drug-likeness (QED) is 0.389. The number of benzene rings is 2. The highest BCUT2D eigenvalue weighted by molar-refractivity contribution is 6.30. The average Bonchev–Trinajstić information content (AvgIpc) is 3.22. The number of carbonyl (C=O) groups is 2. The van der Waals surface area contributed by atoms with Crippen molar-refractivity contribution in [2.45, 2.75) is 6.54 Å². The normalized spacial score (nSPS) is 10.8. The van der Waals surface area contributed by atoms with Gasteiger partial charge in [0.2, 0.25) is 0 Å². The van der Waals surface area contributed by atoms with E-state index in [9.17, 15) is 9.59 Å². The minimum absolute atomic E-state index is 0.228. The summed E-state index contributed by atoms with van der Waals surface area (Å²) in [5.41, 5.74) is 9.37. The molecule has 3 rings (SSSR count). The van der Waals surface area contributed by atoms with Crippen molar-refractivity contribution in [1.29, 1.82) is 0 Å². The molecule has 3 aromatic rings. The first-order chi connectivity index (χ1) is 14.9. The van der Waals surface area contributed by atoms with E-state index in [0.29, 0.717) is 28.6 Å². The van der Waals surface area contributed by atoms with Gasteiger partial charge in [0.15, 0.2) is 23.8 Å². The van der Waals surface area contributed by atoms with E-state index in [-0.39, 0.29) is 12.3 Å². The molecule has 0 radical (unpaired) electrons. The first-order valence-corrected chi connectivity index (χ1v) is 9.53. The third-order valence-electron chi connectivity index (χ3n) is 4.07. The lowest BCUT2D eigenvalue weighted by molar-refractivity contribution is -0.119. The zero-order chi connectivity index (χ0) is 22.2. The Morgan fingerprint density at radius 3 is 2.68 bits per heavy atom. The second-order valence-electron chi connectivity index (χ2n) is 6.39. The summed E-state index contributed by atoms with van der Waals surface area (Å²) >= 11 is 5.88. The average molecular weight is 442 g/mol. The van der Waals surface area contributed by atoms with Crippen LogP contribution in [0.15, 0.2) is 59.8 Å². The number of ether oxygens (including phenoxy) is 2. The molecule has 1 aromatic heterocycles. The van der Waals surface area contributed by atoms with Crippen molar-refractivity contribution in [3.63, 3.8) is 0 Å². The molecule has 0 aliphatic heterocycles. The molecule has 3 N–H and O–H groups in total. The second kappa shape index (κ2) is 10.3. The molecule has 2 amide bonds. The molecule has 0 saturated heterocycles. The number of carbonyl (C=O) groups excluding carboxylic acids is 2. The maximum absolute atomic E-state index is 12.3. The van der Waals surface area contributed by atoms with Crippen molar-refractivity contribution in [2.75, 3.05) is 13.7 Å². The van der Waals surface area contributed by atoms with Crippen LogP contribution in [0.2, 0.25) is 5.02 Å². The highest BCUT2D eigenvalue weighted by Gasteiger charge is 2.10. The molecule has 31 heavy (non-hydrogen) atoms. The molecule has 0 aliphatic carbocycles. The molecule has 9 nitrogen and oxygen atoms in total. The number of aromatic nitrogens is 2. The highest BCUT2D eigenvalue weighted by atomic mass is 35.5. The maximum atomic E-state index is 12.3. The van der Waals surface area contributed by atoms with Crippen LogP contribution in [0.25, 0.3) is 0 Å². The maximum Gasteiger partial charge on any atom is 0.291 e. The summed E-state index contributed by atoms with van der Waals surface area (Å²) in [6.07, 6.45) is 3.14. The smallest absolute Gasteiger partial charge is 0.291 e. The van der Waals surface area contributed by atoms with Gasteiger partial charge in [0.1, 0.15) is 0 Å². The monoisotopic (exact) mass is 441 g/mol. The van der Waals surface area contributed by atoms with Crippen LogP contribution in [0.3, 0.4) is 0 Å². The summed E-state index contributed by atoms with van der Waals surface area (Å²) in [6.45, 7) is 0.222. The molecule has 0 fully saturated rings. The number of hydrogen-bond donors (Lipinski definition) is 2. The molecule has 0 saturated carbocycles. The van der Waals surface area contributed by atoms with Crippen LogP contribution in [-0.2, 0) is 11.3 Å². The Morgan fingerprint density at radius 2 is 1.97 bits per heavy atom. The Kier molecular flexibility index (Phi) is 7.23. The Bertz CT molecular complexity index is 1100. The largest absolute Gasteiger partial charge is 0.493 e. The predicted molar refractivity (Wildman–Crippen MR) is 116 cm³/mol. The van der Waals surface area contributed by atoms with Crippen molar-refractivity contribution >= 4 is 29.6 Å². The van der Waals surface area contributed by atoms with Gasteiger partial charge in [0, 0.05) is 11.2 Å². The standard InChI is InChI=1S/C21H20ClN5O4/c1-30-18-7-4-15(10-19(18)31-13-20(23)28)11-24-25-21(29)17-8-9-27(26-17)12-14-2-5-16(22)6-3-14/h2-11H,12-13H2,1H3,(H2,23,28)(H,25,29). The molecule has 1 heterocycles. The summed E-state index contributed by atoms with van der Waals surface area (Å²) in [4.78, 5) is 23.2. The topological polar surface area (TPSA) is 121 Å². The Balaban J connectivity index is 1.60. The first-order valence-electron chi connectivity index (χ1n) is 9.15. The highest BCUT2D eigenvalue weighted by Crippen LogP contribution is 2.27. The van der Waals surface area contributed by atoms with Crippen LogP contribution < -0.4 is 20.6 Å². The van der Waals surface area contributed by atoms with Gasteiger partial charge in [0.05, 0.1) is 19.9 Å². The van der Waals surface area contributed by atoms with Gasteiger partial charge in [-0.2, -0.15) is 10.2 Å². The molecule has 160 valence electrons. The van der Waals surface area contributed by atoms with E-state index < -0.39 is 11.8 Å². The summed E-state index contributed by atoms with van der Waals surface area (Å²) < 4.78 is 12.1. The predicted octanol–water partition coefficient (Wildman–Crippen LogP) is 2.22. The minimum atomic E-state index is -0.608. The second-order valence-corrected chi connectivity index (χ2v) is 6.83. The van der Waals surface area contributed by atoms with Crippen LogP contribution in [0, 0.1) is 0 Å². The number of nitrogens with one attached hydrogen (secondary N) is 1. The Morgan fingerprint density at radius 1 is 1.19 bits per heavy atom. The van der Waals surface area contributed by atoms with E-state index in [4.69, 9.17) is 26.8 Å². The summed E-state index contributed by atoms with van der Waals surface area (Å²) in [6, 6.07) is 14.0. The summed E-state index contributed by atoms with van der Waals surface area (Å²) in [5, 5.41) is 8.84. The van der Waals surface area contributed by atoms with E-state index in [2.05, 4.69) is 15.6 Å². The van der Waals surface area contributed by atoms with Crippen LogP contribution in [0.4, 0.5) is 0 Å². The molecular weight excluding hydrogens is 422 g/mol. The fraction of sp³-hybridized carbons (Fsp3) is 0.143. The first kappa shape index (κ1) is 21.8. The molecular formula is C21H20ClN5O4. The van der Waals surface area contributed by atoms with Crippen molar-refractivity contribution in [3.05, 3.63) is 76.6 Å². The molecule has 10 heteroatoms. The van der Waals surface area contributed by atoms with Crippen LogP contribution in [0.5, 0.6) is 11.5 Å². The van der Waals surface area contributed by atoms with Crippen LogP contribution in [0.1, 0.15) is 21.6 Å². The van der Waals surface area contributed by atoms with Gasteiger partial charge in [-0.05, 0) is 47.5 Å². The minimum Gasteiger partial charge on any atom is -0.493 e. The van der Waals surface area contributed by atoms with Gasteiger partial charge >= 0.3 is 0 Å². The fourth-order valence-electron chi connectivity index (χ4n) is 2.61. The van der Waals surface area contributed by atoms with Crippen LogP contribution in [-0.4, -0.2) is 41.5 Å². The zero-order valence-electron chi connectivity index (χ0n) is 16.6. The number of methoxy groups -OCH3 is 1. The van der Waals surface area contributed by atoms with Gasteiger partial charge in [-0.25, -0.2) is 5.43 Å². The van der Waals surface area contributed by atoms with Crippen molar-refractivity contribution in [2.24, 2.45) is 10.8 Å². The van der Waals surface area contributed by atoms with E-state index in [1.54, 1.807) is 47.3 Å². The van der Waals surface area contributed by atoms with Gasteiger partial charge < -0.3 is 15.2 Å². The molecule has 0 spiro atoms. The van der Waals surface area contributed by atoms with Gasteiger partial charge in [-0.3, -0.25) is 14.3 Å². The molecule has 0 aliphatic rings. The number of hydrazone groups is 1. The SMILES string of the molecule is COc1ccc(C=NNC(=O)c2ccn(Cc3ccc(Cl)cc3)n2)cc1OCC(N)=O. The molecule has 0 unspecified atom stereocenters. The van der Waals surface area contributed by atoms with Gasteiger partial charge in [-0.15, -0.1) is 0 Å². The fourth-order valence-corrected chi connectivity index (χ4v) is 2.73. The summed E-state index contributed by atoms with van der Waals surface area (Å²) in [7, 11) is 1.48. The van der Waals surface area contributed by atoms with Crippen molar-refractivity contribution in [3.8, 4) is 11.5 Å². The lowest BCUT2D eigenvalue weighted by Crippen LogP contribution is -2.20. The number of nitrogens with two attached hydrogens (primary N) is 1. The van der Waals surface area contributed by atoms with Crippen LogP contribution >= 0.6 is 11.6 Å².